The van der Waals surface area contributed by atoms with E-state index >= 15 is 0 Å². The van der Waals surface area contributed by atoms with Gasteiger partial charge in [-0.2, -0.15) is 0 Å². The van der Waals surface area contributed by atoms with Crippen molar-refractivity contribution in [2.24, 2.45) is 0 Å². The van der Waals surface area contributed by atoms with E-state index < -0.39 is 5.60 Å². The Labute approximate surface area is 112 Å². The van der Waals surface area contributed by atoms with Gasteiger partial charge in [-0.3, -0.25) is 0 Å². The van der Waals surface area contributed by atoms with E-state index in [-0.39, 0.29) is 0 Å². The van der Waals surface area contributed by atoms with Crippen LogP contribution >= 0.6 is 11.8 Å². The molecule has 0 atom stereocenters. The minimum absolute atomic E-state index is 0.567. The molecule has 2 rings (SSSR count). The molecule has 100 valence electrons. The van der Waals surface area contributed by atoms with Gasteiger partial charge in [-0.25, -0.2) is 0 Å². The van der Waals surface area contributed by atoms with Crippen molar-refractivity contribution in [1.29, 1.82) is 0 Å². The van der Waals surface area contributed by atoms with Crippen LogP contribution in [0.3, 0.4) is 0 Å². The highest BCUT2D eigenvalue weighted by atomic mass is 32.2. The van der Waals surface area contributed by atoms with Crippen molar-refractivity contribution in [3.8, 4) is 5.75 Å². The number of nitrogen functional groups attached to an aromatic ring is 1. The molecule has 4 N–H and O–H groups in total. The van der Waals surface area contributed by atoms with Gasteiger partial charge in [-0.1, -0.05) is 0 Å². The second-order valence-corrected chi connectivity index (χ2v) is 5.69. The predicted octanol–water partition coefficient (Wildman–Crippen LogP) is 1.48. The molecule has 0 bridgehead atoms. The molecule has 0 radical (unpaired) electrons. The number of piperidine rings is 1. The zero-order valence-electron chi connectivity index (χ0n) is 10.6. The molecule has 1 aromatic rings. The Balaban J connectivity index is 2.01. The Morgan fingerprint density at radius 1 is 1.44 bits per heavy atom. The minimum atomic E-state index is -0.567. The lowest BCUT2D eigenvalue weighted by Crippen LogP contribution is -2.43. The zero-order chi connectivity index (χ0) is 13.0. The number of thioether (sulfide) groups is 1. The van der Waals surface area contributed by atoms with Gasteiger partial charge in [-0.05, 0) is 38.1 Å². The summed E-state index contributed by atoms with van der Waals surface area (Å²) < 4.78 is 5.30. The molecule has 0 aliphatic carbocycles. The first-order chi connectivity index (χ1) is 8.63. The normalized spacial score (nSPS) is 18.6. The van der Waals surface area contributed by atoms with Crippen LogP contribution in [0, 0.1) is 0 Å². The number of rotatable bonds is 4. The molecule has 0 aromatic heterocycles. The summed E-state index contributed by atoms with van der Waals surface area (Å²) in [5, 5.41) is 13.7. The van der Waals surface area contributed by atoms with Crippen LogP contribution in [-0.4, -0.2) is 36.7 Å². The number of hydrogen-bond acceptors (Lipinski definition) is 5. The fourth-order valence-electron chi connectivity index (χ4n) is 2.05. The quantitative estimate of drug-likeness (QED) is 0.570. The number of benzene rings is 1. The second-order valence-electron chi connectivity index (χ2n) is 4.67. The standard InChI is InChI=1S/C13H20N2O2S/c1-17-11-8-10(14)2-3-12(11)18-9-13(16)4-6-15-7-5-13/h2-3,8,15-16H,4-7,9,14H2,1H3. The van der Waals surface area contributed by atoms with Gasteiger partial charge in [0.1, 0.15) is 5.75 Å². The van der Waals surface area contributed by atoms with Crippen molar-refractivity contribution < 1.29 is 9.84 Å². The van der Waals surface area contributed by atoms with Crippen molar-refractivity contribution in [3.63, 3.8) is 0 Å². The molecule has 1 aromatic carbocycles. The van der Waals surface area contributed by atoms with Gasteiger partial charge in [0.15, 0.2) is 0 Å². The van der Waals surface area contributed by atoms with Crippen molar-refractivity contribution in [1.82, 2.24) is 5.32 Å². The van der Waals surface area contributed by atoms with E-state index in [9.17, 15) is 5.11 Å². The van der Waals surface area contributed by atoms with Crippen LogP contribution in [0.15, 0.2) is 23.1 Å². The summed E-state index contributed by atoms with van der Waals surface area (Å²) in [4.78, 5) is 1.03. The maximum absolute atomic E-state index is 10.4. The lowest BCUT2D eigenvalue weighted by Gasteiger charge is -2.32. The molecular formula is C13H20N2O2S. The largest absolute Gasteiger partial charge is 0.496 e. The van der Waals surface area contributed by atoms with Gasteiger partial charge >= 0.3 is 0 Å². The summed E-state index contributed by atoms with van der Waals surface area (Å²) in [6, 6.07) is 5.62. The highest BCUT2D eigenvalue weighted by Gasteiger charge is 2.29. The molecule has 1 saturated heterocycles. The molecule has 0 unspecified atom stereocenters. The van der Waals surface area contributed by atoms with Gasteiger partial charge in [0.2, 0.25) is 0 Å². The van der Waals surface area contributed by atoms with Crippen LogP contribution in [-0.2, 0) is 0 Å². The lowest BCUT2D eigenvalue weighted by atomic mass is 9.95. The number of nitrogens with two attached hydrogens (primary N) is 1. The van der Waals surface area contributed by atoms with Gasteiger partial charge in [0, 0.05) is 22.4 Å². The van der Waals surface area contributed by atoms with E-state index in [2.05, 4.69) is 5.32 Å². The third kappa shape index (κ3) is 3.31. The van der Waals surface area contributed by atoms with Crippen molar-refractivity contribution >= 4 is 17.4 Å². The zero-order valence-corrected chi connectivity index (χ0v) is 11.4. The van der Waals surface area contributed by atoms with Crippen molar-refractivity contribution in [2.45, 2.75) is 23.3 Å². The molecule has 1 aliphatic heterocycles. The summed E-state index contributed by atoms with van der Waals surface area (Å²) in [7, 11) is 1.64. The molecule has 0 spiro atoms. The van der Waals surface area contributed by atoms with Crippen LogP contribution in [0.25, 0.3) is 0 Å². The average Bonchev–Trinajstić information content (AvgIpc) is 2.38. The van der Waals surface area contributed by atoms with Crippen molar-refractivity contribution in [3.05, 3.63) is 18.2 Å². The maximum atomic E-state index is 10.4. The van der Waals surface area contributed by atoms with Crippen LogP contribution in [0.2, 0.25) is 0 Å². The molecule has 0 saturated carbocycles. The van der Waals surface area contributed by atoms with E-state index in [1.165, 1.54) is 0 Å². The SMILES string of the molecule is COc1cc(N)ccc1SCC1(O)CCNCC1. The first kappa shape index (κ1) is 13.5. The predicted molar refractivity (Wildman–Crippen MR) is 75.2 cm³/mol. The van der Waals surface area contributed by atoms with E-state index in [0.29, 0.717) is 11.4 Å². The fraction of sp³-hybridized carbons (Fsp3) is 0.538. The summed E-state index contributed by atoms with van der Waals surface area (Å²) in [6.07, 6.45) is 1.61. The smallest absolute Gasteiger partial charge is 0.134 e. The summed E-state index contributed by atoms with van der Waals surface area (Å²) in [5.41, 5.74) is 5.85. The molecule has 1 aliphatic rings. The molecule has 1 heterocycles. The Bertz CT molecular complexity index is 406. The number of ether oxygens (including phenoxy) is 1. The number of nitrogens with one attached hydrogen (secondary N) is 1. The van der Waals surface area contributed by atoms with Gasteiger partial charge in [0.05, 0.1) is 12.7 Å². The second kappa shape index (κ2) is 5.82. The van der Waals surface area contributed by atoms with E-state index in [4.69, 9.17) is 10.5 Å². The van der Waals surface area contributed by atoms with Gasteiger partial charge < -0.3 is 20.9 Å². The number of hydrogen-bond donors (Lipinski definition) is 3. The number of methoxy groups -OCH3 is 1. The van der Waals surface area contributed by atoms with Gasteiger partial charge in [0.25, 0.3) is 0 Å². The highest BCUT2D eigenvalue weighted by Crippen LogP contribution is 2.34. The summed E-state index contributed by atoms with van der Waals surface area (Å²) in [5.74, 6) is 1.46. The highest BCUT2D eigenvalue weighted by molar-refractivity contribution is 7.99. The van der Waals surface area contributed by atoms with Crippen molar-refractivity contribution in [2.75, 3.05) is 31.7 Å². The third-order valence-electron chi connectivity index (χ3n) is 3.22. The summed E-state index contributed by atoms with van der Waals surface area (Å²) in [6.45, 7) is 1.77. The van der Waals surface area contributed by atoms with E-state index in [0.717, 1.165) is 36.6 Å². The Kier molecular flexibility index (Phi) is 4.37. The third-order valence-corrected chi connectivity index (χ3v) is 4.55. The average molecular weight is 268 g/mol. The lowest BCUT2D eigenvalue weighted by molar-refractivity contribution is 0.0339. The molecule has 5 heteroatoms. The fourth-order valence-corrected chi connectivity index (χ4v) is 3.21. The topological polar surface area (TPSA) is 67.5 Å². The van der Waals surface area contributed by atoms with Crippen LogP contribution in [0.4, 0.5) is 5.69 Å². The van der Waals surface area contributed by atoms with Gasteiger partial charge in [-0.15, -0.1) is 11.8 Å². The maximum Gasteiger partial charge on any atom is 0.134 e. The van der Waals surface area contributed by atoms with E-state index in [1.807, 2.05) is 18.2 Å². The first-order valence-corrected chi connectivity index (χ1v) is 7.11. The first-order valence-electron chi connectivity index (χ1n) is 6.12. The molecule has 18 heavy (non-hydrogen) atoms. The van der Waals surface area contributed by atoms with Crippen LogP contribution in [0.5, 0.6) is 5.75 Å². The molecule has 4 nitrogen and oxygen atoms in total. The van der Waals surface area contributed by atoms with Crippen LogP contribution in [0.1, 0.15) is 12.8 Å². The molecule has 1 fully saturated rings. The van der Waals surface area contributed by atoms with E-state index in [1.54, 1.807) is 18.9 Å². The minimum Gasteiger partial charge on any atom is -0.496 e. The number of anilines is 1. The Morgan fingerprint density at radius 2 is 2.17 bits per heavy atom. The van der Waals surface area contributed by atoms with Crippen LogP contribution < -0.4 is 15.8 Å². The summed E-state index contributed by atoms with van der Waals surface area (Å²) >= 11 is 1.63. The molecular weight excluding hydrogens is 248 g/mol. The Morgan fingerprint density at radius 3 is 2.83 bits per heavy atom. The Hall–Kier alpha value is -0.910. The number of aliphatic hydroxyl groups is 1. The molecule has 0 amide bonds. The monoisotopic (exact) mass is 268 g/mol.